The lowest BCUT2D eigenvalue weighted by Gasteiger charge is -2.37. The van der Waals surface area contributed by atoms with Crippen molar-refractivity contribution >= 4 is 5.78 Å². The molecule has 1 saturated carbocycles. The van der Waals surface area contributed by atoms with Crippen LogP contribution in [0.5, 0.6) is 0 Å². The number of rotatable bonds is 3. The zero-order valence-electron chi connectivity index (χ0n) is 8.62. The minimum atomic E-state index is -0.442. The van der Waals surface area contributed by atoms with Gasteiger partial charge in [0.2, 0.25) is 0 Å². The Morgan fingerprint density at radius 3 is 2.64 bits per heavy atom. The smallest absolute Gasteiger partial charge is 0.133 e. The molecule has 0 aromatic rings. The molecule has 0 heterocycles. The SMILES string of the molecule is C=CCN(C)C1(C#N)CCC(=O)CC1. The lowest BCUT2D eigenvalue weighted by atomic mass is 9.81. The Hall–Kier alpha value is -1.14. The summed E-state index contributed by atoms with van der Waals surface area (Å²) in [5.41, 5.74) is -0.442. The van der Waals surface area contributed by atoms with Crippen molar-refractivity contribution in [1.29, 1.82) is 5.26 Å². The fourth-order valence-corrected chi connectivity index (χ4v) is 1.89. The van der Waals surface area contributed by atoms with Crippen molar-refractivity contribution in [1.82, 2.24) is 4.90 Å². The summed E-state index contributed by atoms with van der Waals surface area (Å²) in [4.78, 5) is 13.1. The zero-order valence-corrected chi connectivity index (χ0v) is 8.62. The first-order valence-corrected chi connectivity index (χ1v) is 4.90. The second-order valence-corrected chi connectivity index (χ2v) is 3.85. The van der Waals surface area contributed by atoms with Crippen molar-refractivity contribution < 1.29 is 4.79 Å². The normalized spacial score (nSPS) is 20.5. The maximum atomic E-state index is 11.1. The average Bonchev–Trinajstić information content (AvgIpc) is 2.20. The van der Waals surface area contributed by atoms with Crippen LogP contribution in [0.4, 0.5) is 0 Å². The van der Waals surface area contributed by atoms with Gasteiger partial charge in [0.15, 0.2) is 0 Å². The van der Waals surface area contributed by atoms with Gasteiger partial charge in [0, 0.05) is 19.4 Å². The maximum absolute atomic E-state index is 11.1. The van der Waals surface area contributed by atoms with Crippen LogP contribution < -0.4 is 0 Å². The van der Waals surface area contributed by atoms with E-state index in [-0.39, 0.29) is 5.78 Å². The molecule has 3 heteroatoms. The summed E-state index contributed by atoms with van der Waals surface area (Å²) in [5, 5.41) is 9.19. The first-order chi connectivity index (χ1) is 6.64. The van der Waals surface area contributed by atoms with E-state index in [9.17, 15) is 10.1 Å². The molecule has 0 radical (unpaired) electrons. The molecule has 1 aliphatic carbocycles. The van der Waals surface area contributed by atoms with E-state index in [0.29, 0.717) is 32.2 Å². The number of nitriles is 1. The summed E-state index contributed by atoms with van der Waals surface area (Å²) >= 11 is 0. The van der Waals surface area contributed by atoms with Gasteiger partial charge in [-0.05, 0) is 19.9 Å². The third kappa shape index (κ3) is 2.02. The maximum Gasteiger partial charge on any atom is 0.133 e. The Kier molecular flexibility index (Phi) is 3.43. The topological polar surface area (TPSA) is 44.1 Å². The van der Waals surface area contributed by atoms with Crippen molar-refractivity contribution in [3.8, 4) is 6.07 Å². The molecule has 1 aliphatic rings. The third-order valence-electron chi connectivity index (χ3n) is 2.98. The van der Waals surface area contributed by atoms with Crippen molar-refractivity contribution in [3.05, 3.63) is 12.7 Å². The zero-order chi connectivity index (χ0) is 10.6. The second kappa shape index (κ2) is 4.39. The summed E-state index contributed by atoms with van der Waals surface area (Å²) in [6.07, 6.45) is 4.18. The highest BCUT2D eigenvalue weighted by Gasteiger charge is 2.37. The van der Waals surface area contributed by atoms with E-state index in [1.54, 1.807) is 6.08 Å². The van der Waals surface area contributed by atoms with E-state index < -0.39 is 5.54 Å². The lowest BCUT2D eigenvalue weighted by molar-refractivity contribution is -0.122. The number of hydrogen-bond donors (Lipinski definition) is 0. The number of carbonyl (C=O) groups is 1. The minimum absolute atomic E-state index is 0.280. The Labute approximate surface area is 85.0 Å². The Balaban J connectivity index is 2.72. The molecule has 0 atom stereocenters. The molecule has 1 rings (SSSR count). The fourth-order valence-electron chi connectivity index (χ4n) is 1.89. The van der Waals surface area contributed by atoms with Gasteiger partial charge in [-0.1, -0.05) is 6.08 Å². The Bertz CT molecular complexity index is 268. The summed E-state index contributed by atoms with van der Waals surface area (Å²) in [6, 6.07) is 2.35. The molecule has 3 nitrogen and oxygen atoms in total. The highest BCUT2D eigenvalue weighted by atomic mass is 16.1. The molecule has 0 spiro atoms. The van der Waals surface area contributed by atoms with Gasteiger partial charge >= 0.3 is 0 Å². The Morgan fingerprint density at radius 1 is 1.64 bits per heavy atom. The molecule has 0 aromatic heterocycles. The summed E-state index contributed by atoms with van der Waals surface area (Å²) in [6.45, 7) is 4.35. The quantitative estimate of drug-likeness (QED) is 0.637. The summed E-state index contributed by atoms with van der Waals surface area (Å²) < 4.78 is 0. The molecule has 0 N–H and O–H groups in total. The molecule has 0 aromatic carbocycles. The largest absolute Gasteiger partial charge is 0.300 e. The number of ketones is 1. The van der Waals surface area contributed by atoms with Crippen molar-refractivity contribution in [3.63, 3.8) is 0 Å². The number of likely N-dealkylation sites (N-methyl/N-ethyl adjacent to an activating group) is 1. The van der Waals surface area contributed by atoms with Crippen LogP contribution in [0.15, 0.2) is 12.7 Å². The number of nitrogens with zero attached hydrogens (tertiary/aromatic N) is 2. The first-order valence-electron chi connectivity index (χ1n) is 4.90. The van der Waals surface area contributed by atoms with Crippen LogP contribution in [0.25, 0.3) is 0 Å². The van der Waals surface area contributed by atoms with Gasteiger partial charge in [-0.3, -0.25) is 9.69 Å². The van der Waals surface area contributed by atoms with E-state index >= 15 is 0 Å². The predicted molar refractivity (Wildman–Crippen MR) is 54.6 cm³/mol. The van der Waals surface area contributed by atoms with Gasteiger partial charge in [0.25, 0.3) is 0 Å². The van der Waals surface area contributed by atoms with Crippen LogP contribution >= 0.6 is 0 Å². The molecular weight excluding hydrogens is 176 g/mol. The summed E-state index contributed by atoms with van der Waals surface area (Å²) in [5.74, 6) is 0.280. The Morgan fingerprint density at radius 2 is 2.21 bits per heavy atom. The van der Waals surface area contributed by atoms with Crippen molar-refractivity contribution in [2.75, 3.05) is 13.6 Å². The molecule has 0 aliphatic heterocycles. The van der Waals surface area contributed by atoms with Gasteiger partial charge in [-0.25, -0.2) is 0 Å². The molecule has 0 unspecified atom stereocenters. The number of Topliss-reactive ketones (excluding diaryl/α,β-unsaturated/α-hetero) is 1. The summed E-state index contributed by atoms with van der Waals surface area (Å²) in [7, 11) is 1.92. The van der Waals surface area contributed by atoms with E-state index in [2.05, 4.69) is 12.6 Å². The monoisotopic (exact) mass is 192 g/mol. The highest BCUT2D eigenvalue weighted by molar-refractivity contribution is 5.79. The van der Waals surface area contributed by atoms with Crippen LogP contribution in [-0.4, -0.2) is 29.8 Å². The minimum Gasteiger partial charge on any atom is -0.300 e. The van der Waals surface area contributed by atoms with Gasteiger partial charge in [0.05, 0.1) is 6.07 Å². The molecule has 1 fully saturated rings. The van der Waals surface area contributed by atoms with Crippen LogP contribution in [0.2, 0.25) is 0 Å². The van der Waals surface area contributed by atoms with E-state index in [0.717, 1.165) is 0 Å². The lowest BCUT2D eigenvalue weighted by Crippen LogP contribution is -2.48. The highest BCUT2D eigenvalue weighted by Crippen LogP contribution is 2.30. The second-order valence-electron chi connectivity index (χ2n) is 3.85. The molecule has 76 valence electrons. The molecular formula is C11H16N2O. The fraction of sp³-hybridized carbons (Fsp3) is 0.636. The van der Waals surface area contributed by atoms with Gasteiger partial charge < -0.3 is 0 Å². The molecule has 0 bridgehead atoms. The average molecular weight is 192 g/mol. The van der Waals surface area contributed by atoms with E-state index in [4.69, 9.17) is 0 Å². The first kappa shape index (κ1) is 10.9. The van der Waals surface area contributed by atoms with Crippen LogP contribution in [-0.2, 0) is 4.79 Å². The number of hydrogen-bond acceptors (Lipinski definition) is 3. The number of carbonyl (C=O) groups excluding carboxylic acids is 1. The van der Waals surface area contributed by atoms with Gasteiger partial charge in [0.1, 0.15) is 11.3 Å². The van der Waals surface area contributed by atoms with Crippen LogP contribution in [0, 0.1) is 11.3 Å². The third-order valence-corrected chi connectivity index (χ3v) is 2.98. The predicted octanol–water partition coefficient (Wildman–Crippen LogP) is 1.51. The van der Waals surface area contributed by atoms with Crippen molar-refractivity contribution in [2.45, 2.75) is 31.2 Å². The van der Waals surface area contributed by atoms with E-state index in [1.165, 1.54) is 0 Å². The molecule has 14 heavy (non-hydrogen) atoms. The van der Waals surface area contributed by atoms with Gasteiger partial charge in [-0.2, -0.15) is 5.26 Å². The van der Waals surface area contributed by atoms with E-state index in [1.807, 2.05) is 11.9 Å². The van der Waals surface area contributed by atoms with Crippen LogP contribution in [0.3, 0.4) is 0 Å². The molecule has 0 amide bonds. The standard InChI is InChI=1S/C11H16N2O/c1-3-8-13(2)11(9-12)6-4-10(14)5-7-11/h3H,1,4-8H2,2H3. The van der Waals surface area contributed by atoms with Gasteiger partial charge in [-0.15, -0.1) is 6.58 Å². The van der Waals surface area contributed by atoms with Crippen LogP contribution in [0.1, 0.15) is 25.7 Å². The molecule has 0 saturated heterocycles. The van der Waals surface area contributed by atoms with Crippen molar-refractivity contribution in [2.24, 2.45) is 0 Å².